The molecule has 0 aliphatic heterocycles. The van der Waals surface area contributed by atoms with Crippen LogP contribution in [0, 0.1) is 0 Å². The molecular weight excluding hydrogens is 190 g/mol. The van der Waals surface area contributed by atoms with Crippen LogP contribution < -0.4 is 5.73 Å². The van der Waals surface area contributed by atoms with Gasteiger partial charge in [-0.25, -0.2) is 0 Å². The fourth-order valence-electron chi connectivity index (χ4n) is 1.53. The van der Waals surface area contributed by atoms with Crippen molar-refractivity contribution in [1.29, 1.82) is 0 Å². The molecule has 1 aromatic carbocycles. The van der Waals surface area contributed by atoms with Crippen molar-refractivity contribution < 1.29 is 4.43 Å². The highest BCUT2D eigenvalue weighted by molar-refractivity contribution is 5.98. The van der Waals surface area contributed by atoms with Crippen LogP contribution in [-0.2, 0) is 10.8 Å². The van der Waals surface area contributed by atoms with E-state index in [2.05, 4.69) is 22.6 Å². The topological polar surface area (TPSA) is 35.2 Å². The average Bonchev–Trinajstić information content (AvgIpc) is 2.16. The maximum absolute atomic E-state index is 5.78. The lowest BCUT2D eigenvalue weighted by Gasteiger charge is -2.16. The molecule has 0 fully saturated rings. The molecule has 2 nitrogen and oxygen atoms in total. The summed E-state index contributed by atoms with van der Waals surface area (Å²) in [6, 6.07) is 8.39. The van der Waals surface area contributed by atoms with Gasteiger partial charge in [0.25, 0.3) is 0 Å². The lowest BCUT2D eigenvalue weighted by Crippen LogP contribution is -2.19. The Bertz CT molecular complexity index is 288. The van der Waals surface area contributed by atoms with Crippen molar-refractivity contribution in [3.05, 3.63) is 35.4 Å². The summed E-state index contributed by atoms with van der Waals surface area (Å²) in [5.41, 5.74) is 8.23. The highest BCUT2D eigenvalue weighted by Gasteiger charge is 2.09. The summed E-state index contributed by atoms with van der Waals surface area (Å²) >= 11 is 0. The van der Waals surface area contributed by atoms with Gasteiger partial charge in [0.05, 0.1) is 6.10 Å². The van der Waals surface area contributed by atoms with Crippen LogP contribution in [0.3, 0.4) is 0 Å². The SMILES string of the molecule is CC(N)Cc1ccccc1C(C)O[Si]. The maximum atomic E-state index is 5.78. The molecule has 0 bridgehead atoms. The van der Waals surface area contributed by atoms with Crippen LogP contribution in [-0.4, -0.2) is 16.5 Å². The summed E-state index contributed by atoms with van der Waals surface area (Å²) in [6.45, 7) is 4.02. The second-order valence-electron chi connectivity index (χ2n) is 3.64. The predicted octanol–water partition coefficient (Wildman–Crippen LogP) is 1.74. The summed E-state index contributed by atoms with van der Waals surface area (Å²) in [6.07, 6.45) is 0.942. The molecule has 3 heteroatoms. The Labute approximate surface area is 89.0 Å². The molecule has 2 atom stereocenters. The molecule has 0 aliphatic carbocycles. The number of hydrogen-bond donors (Lipinski definition) is 1. The van der Waals surface area contributed by atoms with E-state index in [1.807, 2.05) is 26.0 Å². The van der Waals surface area contributed by atoms with Crippen molar-refractivity contribution in [2.45, 2.75) is 32.4 Å². The van der Waals surface area contributed by atoms with Crippen molar-refractivity contribution in [3.8, 4) is 0 Å². The minimum Gasteiger partial charge on any atom is -0.412 e. The summed E-state index contributed by atoms with van der Waals surface area (Å²) < 4.78 is 5.12. The molecule has 0 saturated carbocycles. The van der Waals surface area contributed by atoms with Gasteiger partial charge >= 0.3 is 0 Å². The standard InChI is InChI=1S/C11H16NOSi/c1-8(12)7-10-5-3-4-6-11(10)9(2)13-14/h3-6,8-9H,7,12H2,1-2H3. The van der Waals surface area contributed by atoms with Crippen LogP contribution in [0.15, 0.2) is 24.3 Å². The van der Waals surface area contributed by atoms with Gasteiger partial charge in [0.2, 0.25) is 10.5 Å². The molecule has 1 aromatic rings. The van der Waals surface area contributed by atoms with Crippen LogP contribution in [0.25, 0.3) is 0 Å². The largest absolute Gasteiger partial charge is 0.412 e. The summed E-state index contributed by atoms with van der Waals surface area (Å²) in [4.78, 5) is 0. The summed E-state index contributed by atoms with van der Waals surface area (Å²) in [5.74, 6) is 0. The monoisotopic (exact) mass is 206 g/mol. The first-order valence-electron chi connectivity index (χ1n) is 4.81. The molecule has 2 unspecified atom stereocenters. The first-order chi connectivity index (χ1) is 6.65. The summed E-state index contributed by atoms with van der Waals surface area (Å²) in [5, 5.41) is 0. The number of nitrogens with two attached hydrogens (primary N) is 1. The molecule has 3 radical (unpaired) electrons. The van der Waals surface area contributed by atoms with Gasteiger partial charge < -0.3 is 10.2 Å². The molecule has 1 rings (SSSR count). The van der Waals surface area contributed by atoms with E-state index in [0.29, 0.717) is 0 Å². The first kappa shape index (κ1) is 11.4. The van der Waals surface area contributed by atoms with E-state index in [4.69, 9.17) is 10.2 Å². The third-order valence-electron chi connectivity index (χ3n) is 2.21. The van der Waals surface area contributed by atoms with Crippen LogP contribution >= 0.6 is 0 Å². The van der Waals surface area contributed by atoms with Crippen molar-refractivity contribution in [2.24, 2.45) is 5.73 Å². The van der Waals surface area contributed by atoms with E-state index in [-0.39, 0.29) is 12.1 Å². The Balaban J connectivity index is 2.91. The van der Waals surface area contributed by atoms with Gasteiger partial charge in [-0.1, -0.05) is 24.3 Å². The third-order valence-corrected chi connectivity index (χ3v) is 2.57. The molecule has 14 heavy (non-hydrogen) atoms. The van der Waals surface area contributed by atoms with E-state index in [1.54, 1.807) is 0 Å². The van der Waals surface area contributed by atoms with Crippen LogP contribution in [0.5, 0.6) is 0 Å². The van der Waals surface area contributed by atoms with E-state index in [9.17, 15) is 0 Å². The lowest BCUT2D eigenvalue weighted by atomic mass is 9.98. The van der Waals surface area contributed by atoms with Gasteiger partial charge in [-0.2, -0.15) is 0 Å². The van der Waals surface area contributed by atoms with Crippen molar-refractivity contribution in [2.75, 3.05) is 0 Å². The first-order valence-corrected chi connectivity index (χ1v) is 5.21. The molecule has 0 aromatic heterocycles. The minimum absolute atomic E-state index is 0.0571. The fourth-order valence-corrected chi connectivity index (χ4v) is 1.65. The highest BCUT2D eigenvalue weighted by Crippen LogP contribution is 2.20. The van der Waals surface area contributed by atoms with Gasteiger partial charge in [0.15, 0.2) is 0 Å². The van der Waals surface area contributed by atoms with E-state index < -0.39 is 0 Å². The minimum atomic E-state index is 0.0571. The Kier molecular flexibility index (Phi) is 4.32. The van der Waals surface area contributed by atoms with Crippen LogP contribution in [0.1, 0.15) is 31.1 Å². The van der Waals surface area contributed by atoms with E-state index >= 15 is 0 Å². The second-order valence-corrected chi connectivity index (χ2v) is 3.88. The Morgan fingerprint density at radius 1 is 1.36 bits per heavy atom. The van der Waals surface area contributed by atoms with E-state index in [0.717, 1.165) is 6.42 Å². The Hall–Kier alpha value is -0.643. The lowest BCUT2D eigenvalue weighted by molar-refractivity contribution is 0.249. The number of hydrogen-bond acceptors (Lipinski definition) is 2. The Morgan fingerprint density at radius 3 is 2.57 bits per heavy atom. The molecule has 2 N–H and O–H groups in total. The van der Waals surface area contributed by atoms with Gasteiger partial charge in [-0.15, -0.1) is 0 Å². The Morgan fingerprint density at radius 2 is 2.00 bits per heavy atom. The molecule has 75 valence electrons. The average molecular weight is 206 g/mol. The highest BCUT2D eigenvalue weighted by atomic mass is 28.2. The third kappa shape index (κ3) is 2.94. The quantitative estimate of drug-likeness (QED) is 0.762. The molecule has 0 saturated heterocycles. The van der Waals surface area contributed by atoms with Crippen molar-refractivity contribution in [3.63, 3.8) is 0 Å². The van der Waals surface area contributed by atoms with Crippen molar-refractivity contribution >= 4 is 10.5 Å². The smallest absolute Gasteiger partial charge is 0.247 e. The fraction of sp³-hybridized carbons (Fsp3) is 0.455. The van der Waals surface area contributed by atoms with Gasteiger partial charge in [-0.3, -0.25) is 0 Å². The second kappa shape index (κ2) is 5.29. The number of rotatable bonds is 4. The zero-order chi connectivity index (χ0) is 10.6. The zero-order valence-corrected chi connectivity index (χ0v) is 9.66. The van der Waals surface area contributed by atoms with E-state index in [1.165, 1.54) is 11.1 Å². The molecule has 0 amide bonds. The normalized spacial score (nSPS) is 15.1. The van der Waals surface area contributed by atoms with Crippen LogP contribution in [0.4, 0.5) is 0 Å². The maximum Gasteiger partial charge on any atom is 0.247 e. The molecular formula is C11H16NOSi. The van der Waals surface area contributed by atoms with Gasteiger partial charge in [-0.05, 0) is 31.4 Å². The predicted molar refractivity (Wildman–Crippen MR) is 59.0 cm³/mol. The summed E-state index contributed by atoms with van der Waals surface area (Å²) in [7, 11) is 3.07. The zero-order valence-electron chi connectivity index (χ0n) is 8.66. The molecule has 0 aliphatic rings. The van der Waals surface area contributed by atoms with Crippen LogP contribution in [0.2, 0.25) is 0 Å². The molecule has 0 spiro atoms. The molecule has 0 heterocycles. The van der Waals surface area contributed by atoms with Gasteiger partial charge in [0.1, 0.15) is 0 Å². The van der Waals surface area contributed by atoms with Gasteiger partial charge in [0, 0.05) is 6.04 Å². The number of benzene rings is 1. The van der Waals surface area contributed by atoms with Crippen molar-refractivity contribution in [1.82, 2.24) is 0 Å².